The zero-order chi connectivity index (χ0) is 9.26. The molecule has 0 bridgehead atoms. The lowest BCUT2D eigenvalue weighted by atomic mass is 10.0. The number of likely N-dealkylation sites (tertiary alicyclic amines) is 1. The van der Waals surface area contributed by atoms with Gasteiger partial charge in [0, 0.05) is 19.1 Å². The van der Waals surface area contributed by atoms with E-state index in [9.17, 15) is 0 Å². The van der Waals surface area contributed by atoms with Gasteiger partial charge in [-0.05, 0) is 31.3 Å². The Morgan fingerprint density at radius 2 is 2.23 bits per heavy atom. The molecule has 2 rings (SSSR count). The molecule has 2 fully saturated rings. The van der Waals surface area contributed by atoms with Gasteiger partial charge in [0.1, 0.15) is 0 Å². The largest absolute Gasteiger partial charge is 0.315 e. The second-order valence-corrected chi connectivity index (χ2v) is 4.76. The summed E-state index contributed by atoms with van der Waals surface area (Å²) in [5, 5.41) is 3.49. The maximum Gasteiger partial charge on any atom is 0.0258 e. The molecular formula is C11H22N2. The van der Waals surface area contributed by atoms with E-state index in [2.05, 4.69) is 24.1 Å². The van der Waals surface area contributed by atoms with Crippen LogP contribution in [0.25, 0.3) is 0 Å². The first-order valence-corrected chi connectivity index (χ1v) is 5.76. The molecule has 2 heteroatoms. The predicted molar refractivity (Wildman–Crippen MR) is 55.8 cm³/mol. The summed E-state index contributed by atoms with van der Waals surface area (Å²) >= 11 is 0. The predicted octanol–water partition coefficient (Wildman–Crippen LogP) is 1.33. The molecule has 0 aromatic carbocycles. The van der Waals surface area contributed by atoms with Crippen LogP contribution in [0.1, 0.15) is 26.7 Å². The average molecular weight is 182 g/mol. The Kier molecular flexibility index (Phi) is 2.89. The Balaban J connectivity index is 1.88. The van der Waals surface area contributed by atoms with Gasteiger partial charge in [-0.2, -0.15) is 0 Å². The maximum atomic E-state index is 3.49. The number of rotatable bonds is 2. The van der Waals surface area contributed by atoms with Crippen LogP contribution in [0.4, 0.5) is 0 Å². The molecule has 0 radical (unpaired) electrons. The van der Waals surface area contributed by atoms with E-state index >= 15 is 0 Å². The molecule has 1 N–H and O–H groups in total. The molecule has 2 nitrogen and oxygen atoms in total. The monoisotopic (exact) mass is 182 g/mol. The summed E-state index contributed by atoms with van der Waals surface area (Å²) in [6, 6.07) is 0.830. The van der Waals surface area contributed by atoms with Gasteiger partial charge in [0.15, 0.2) is 0 Å². The molecule has 0 saturated carbocycles. The van der Waals surface area contributed by atoms with Gasteiger partial charge in [0.25, 0.3) is 0 Å². The Hall–Kier alpha value is -0.0800. The standard InChI is InChI=1S/C11H22N2/c1-3-10-4-5-13(8-10)11-7-12-6-9(11)2/h9-12H,3-8H2,1-2H3. The molecule has 2 aliphatic rings. The Bertz CT molecular complexity index is 169. The van der Waals surface area contributed by atoms with Gasteiger partial charge in [0.05, 0.1) is 0 Å². The lowest BCUT2D eigenvalue weighted by molar-refractivity contribution is 0.211. The second-order valence-electron chi connectivity index (χ2n) is 4.76. The molecule has 2 saturated heterocycles. The van der Waals surface area contributed by atoms with Crippen LogP contribution in [0.3, 0.4) is 0 Å². The van der Waals surface area contributed by atoms with Gasteiger partial charge in [-0.25, -0.2) is 0 Å². The van der Waals surface area contributed by atoms with Crippen LogP contribution >= 0.6 is 0 Å². The van der Waals surface area contributed by atoms with Crippen molar-refractivity contribution in [1.82, 2.24) is 10.2 Å². The van der Waals surface area contributed by atoms with E-state index in [4.69, 9.17) is 0 Å². The van der Waals surface area contributed by atoms with Crippen LogP contribution in [0.15, 0.2) is 0 Å². The zero-order valence-electron chi connectivity index (χ0n) is 8.92. The van der Waals surface area contributed by atoms with Gasteiger partial charge < -0.3 is 5.32 Å². The summed E-state index contributed by atoms with van der Waals surface area (Å²) in [5.74, 6) is 1.84. The minimum absolute atomic E-state index is 0.830. The van der Waals surface area contributed by atoms with E-state index in [0.29, 0.717) is 0 Å². The highest BCUT2D eigenvalue weighted by Crippen LogP contribution is 2.25. The maximum absolute atomic E-state index is 3.49. The summed E-state index contributed by atoms with van der Waals surface area (Å²) in [6.45, 7) is 9.84. The van der Waals surface area contributed by atoms with E-state index in [1.165, 1.54) is 39.0 Å². The summed E-state index contributed by atoms with van der Waals surface area (Å²) in [7, 11) is 0. The van der Waals surface area contributed by atoms with E-state index in [1.807, 2.05) is 0 Å². The van der Waals surface area contributed by atoms with E-state index in [1.54, 1.807) is 0 Å². The molecule has 13 heavy (non-hydrogen) atoms. The van der Waals surface area contributed by atoms with Crippen molar-refractivity contribution >= 4 is 0 Å². The first-order chi connectivity index (χ1) is 6.31. The van der Waals surface area contributed by atoms with Crippen LogP contribution in [0.2, 0.25) is 0 Å². The Morgan fingerprint density at radius 3 is 2.77 bits per heavy atom. The normalized spacial score (nSPS) is 41.5. The summed E-state index contributed by atoms with van der Waals surface area (Å²) in [4.78, 5) is 2.71. The molecule has 76 valence electrons. The summed E-state index contributed by atoms with van der Waals surface area (Å²) in [6.07, 6.45) is 2.80. The molecule has 0 aromatic heterocycles. The number of hydrogen-bond donors (Lipinski definition) is 1. The fourth-order valence-corrected chi connectivity index (χ4v) is 2.78. The van der Waals surface area contributed by atoms with Crippen molar-refractivity contribution in [3.63, 3.8) is 0 Å². The van der Waals surface area contributed by atoms with Gasteiger partial charge in [-0.3, -0.25) is 4.90 Å². The topological polar surface area (TPSA) is 15.3 Å². The highest BCUT2D eigenvalue weighted by molar-refractivity contribution is 4.89. The second kappa shape index (κ2) is 3.97. The average Bonchev–Trinajstić information content (AvgIpc) is 2.71. The van der Waals surface area contributed by atoms with Crippen LogP contribution < -0.4 is 5.32 Å². The molecule has 0 amide bonds. The van der Waals surface area contributed by atoms with Crippen LogP contribution in [0, 0.1) is 11.8 Å². The fourth-order valence-electron chi connectivity index (χ4n) is 2.78. The number of nitrogens with zero attached hydrogens (tertiary/aromatic N) is 1. The van der Waals surface area contributed by atoms with Gasteiger partial charge in [-0.15, -0.1) is 0 Å². The Labute approximate surface area is 81.7 Å². The zero-order valence-corrected chi connectivity index (χ0v) is 8.92. The molecule has 0 aliphatic carbocycles. The first-order valence-electron chi connectivity index (χ1n) is 5.76. The van der Waals surface area contributed by atoms with Gasteiger partial charge in [0.2, 0.25) is 0 Å². The molecule has 3 atom stereocenters. The van der Waals surface area contributed by atoms with Crippen molar-refractivity contribution in [1.29, 1.82) is 0 Å². The lowest BCUT2D eigenvalue weighted by Crippen LogP contribution is -2.38. The van der Waals surface area contributed by atoms with Crippen molar-refractivity contribution in [3.05, 3.63) is 0 Å². The quantitative estimate of drug-likeness (QED) is 0.693. The molecule has 0 spiro atoms. The highest BCUT2D eigenvalue weighted by atomic mass is 15.2. The van der Waals surface area contributed by atoms with Crippen LogP contribution in [-0.2, 0) is 0 Å². The molecule has 0 aromatic rings. The fraction of sp³-hybridized carbons (Fsp3) is 1.00. The SMILES string of the molecule is CCC1CCN(C2CNCC2C)C1. The number of nitrogens with one attached hydrogen (secondary N) is 1. The smallest absolute Gasteiger partial charge is 0.0258 e. The van der Waals surface area contributed by atoms with E-state index < -0.39 is 0 Å². The first kappa shape index (κ1) is 9.47. The lowest BCUT2D eigenvalue weighted by Gasteiger charge is -2.26. The third-order valence-corrected chi connectivity index (χ3v) is 3.84. The van der Waals surface area contributed by atoms with Crippen molar-refractivity contribution in [3.8, 4) is 0 Å². The summed E-state index contributed by atoms with van der Waals surface area (Å²) < 4.78 is 0. The molecule has 2 aliphatic heterocycles. The molecular weight excluding hydrogens is 160 g/mol. The van der Waals surface area contributed by atoms with E-state index in [0.717, 1.165) is 17.9 Å². The minimum Gasteiger partial charge on any atom is -0.315 e. The van der Waals surface area contributed by atoms with Crippen molar-refractivity contribution in [2.75, 3.05) is 26.2 Å². The van der Waals surface area contributed by atoms with Gasteiger partial charge >= 0.3 is 0 Å². The van der Waals surface area contributed by atoms with Gasteiger partial charge in [-0.1, -0.05) is 20.3 Å². The van der Waals surface area contributed by atoms with Crippen molar-refractivity contribution in [2.45, 2.75) is 32.7 Å². The van der Waals surface area contributed by atoms with E-state index in [-0.39, 0.29) is 0 Å². The third-order valence-electron chi connectivity index (χ3n) is 3.84. The summed E-state index contributed by atoms with van der Waals surface area (Å²) in [5.41, 5.74) is 0. The van der Waals surface area contributed by atoms with Crippen LogP contribution in [-0.4, -0.2) is 37.1 Å². The van der Waals surface area contributed by atoms with Crippen molar-refractivity contribution < 1.29 is 0 Å². The third kappa shape index (κ3) is 1.89. The van der Waals surface area contributed by atoms with Crippen LogP contribution in [0.5, 0.6) is 0 Å². The minimum atomic E-state index is 0.830. The number of hydrogen-bond acceptors (Lipinski definition) is 2. The molecule has 3 unspecified atom stereocenters. The Morgan fingerprint density at radius 1 is 1.38 bits per heavy atom. The highest BCUT2D eigenvalue weighted by Gasteiger charge is 2.32. The molecule has 2 heterocycles. The van der Waals surface area contributed by atoms with Crippen molar-refractivity contribution in [2.24, 2.45) is 11.8 Å².